The van der Waals surface area contributed by atoms with E-state index in [1.165, 1.54) is 41.7 Å². The van der Waals surface area contributed by atoms with Gasteiger partial charge in [0.1, 0.15) is 26.2 Å². The molecular formula is C13H33N4+3. The fourth-order valence-electron chi connectivity index (χ4n) is 2.50. The second kappa shape index (κ2) is 6.14. The molecule has 4 N–H and O–H groups in total. The number of rotatable bonds is 6. The Bertz CT molecular complexity index is 219. The lowest BCUT2D eigenvalue weighted by Crippen LogP contribution is -2.66. The molecule has 1 rings (SSSR count). The van der Waals surface area contributed by atoms with Gasteiger partial charge < -0.3 is 20.0 Å². The Morgan fingerprint density at radius 1 is 1.06 bits per heavy atom. The Kier molecular flexibility index (Phi) is 5.38. The minimum absolute atomic E-state index is 0.757. The van der Waals surface area contributed by atoms with Gasteiger partial charge >= 0.3 is 0 Å². The third-order valence-electron chi connectivity index (χ3n) is 4.73. The summed E-state index contributed by atoms with van der Waals surface area (Å²) in [5, 5.41) is 3.47. The summed E-state index contributed by atoms with van der Waals surface area (Å²) < 4.78 is 2.49. The van der Waals surface area contributed by atoms with Crippen LogP contribution in [0.2, 0.25) is 0 Å². The smallest absolute Gasteiger partial charge is 0.129 e. The van der Waals surface area contributed by atoms with Crippen molar-refractivity contribution in [3.05, 3.63) is 0 Å². The van der Waals surface area contributed by atoms with E-state index in [2.05, 4.69) is 39.0 Å². The molecule has 0 unspecified atom stereocenters. The van der Waals surface area contributed by atoms with Gasteiger partial charge in [0.2, 0.25) is 0 Å². The van der Waals surface area contributed by atoms with Gasteiger partial charge in [-0.1, -0.05) is 0 Å². The highest BCUT2D eigenvalue weighted by atomic mass is 15.5. The molecule has 0 atom stereocenters. The van der Waals surface area contributed by atoms with Crippen LogP contribution in [0.25, 0.3) is 0 Å². The Morgan fingerprint density at radius 3 is 2.12 bits per heavy atom. The van der Waals surface area contributed by atoms with Crippen LogP contribution < -0.4 is 11.1 Å². The molecule has 0 spiro atoms. The van der Waals surface area contributed by atoms with Crippen LogP contribution in [-0.2, 0) is 0 Å². The van der Waals surface area contributed by atoms with Gasteiger partial charge in [-0.25, -0.2) is 0 Å². The van der Waals surface area contributed by atoms with Crippen LogP contribution in [0.5, 0.6) is 0 Å². The molecule has 1 aliphatic rings. The summed E-state index contributed by atoms with van der Waals surface area (Å²) in [5.41, 5.74) is 3.86. The van der Waals surface area contributed by atoms with E-state index in [0.717, 1.165) is 25.7 Å². The van der Waals surface area contributed by atoms with Gasteiger partial charge in [-0.2, -0.15) is 0 Å². The first-order valence-electron chi connectivity index (χ1n) is 7.10. The maximum atomic E-state index is 3.86. The minimum Gasteiger partial charge on any atom is -0.357 e. The maximum absolute atomic E-state index is 3.86. The highest BCUT2D eigenvalue weighted by Gasteiger charge is 2.38. The van der Waals surface area contributed by atoms with E-state index < -0.39 is 0 Å². The van der Waals surface area contributed by atoms with Crippen molar-refractivity contribution in [3.63, 3.8) is 0 Å². The van der Waals surface area contributed by atoms with Crippen LogP contribution in [0.4, 0.5) is 0 Å². The molecule has 0 saturated carbocycles. The second-order valence-corrected chi connectivity index (χ2v) is 6.41. The van der Waals surface area contributed by atoms with E-state index in [0.29, 0.717) is 0 Å². The lowest BCUT2D eigenvalue weighted by Gasteiger charge is -2.48. The summed E-state index contributed by atoms with van der Waals surface area (Å²) in [7, 11) is 4.82. The van der Waals surface area contributed by atoms with Crippen molar-refractivity contribution in [2.45, 2.75) is 19.9 Å². The molecule has 1 saturated heterocycles. The van der Waals surface area contributed by atoms with E-state index in [1.807, 2.05) is 0 Å². The van der Waals surface area contributed by atoms with Crippen LogP contribution in [0.1, 0.15) is 13.8 Å². The third-order valence-corrected chi connectivity index (χ3v) is 4.73. The largest absolute Gasteiger partial charge is 0.357 e. The molecule has 0 aromatic heterocycles. The van der Waals surface area contributed by atoms with Crippen molar-refractivity contribution in [2.24, 2.45) is 0 Å². The molecule has 1 heterocycles. The van der Waals surface area contributed by atoms with Crippen molar-refractivity contribution in [1.82, 2.24) is 5.32 Å². The number of nitrogens with one attached hydrogen (secondary N) is 1. The summed E-state index contributed by atoms with van der Waals surface area (Å²) in [6.07, 6.45) is 0. The van der Waals surface area contributed by atoms with E-state index in [-0.39, 0.29) is 0 Å². The molecule has 4 nitrogen and oxygen atoms in total. The standard InChI is InChI=1S/C13H32N4/c1-13(2)17(4)11-9-16(3,10-12-17)8-7-15-6-5-14/h13,15H,5-12,14H2,1-4H3/q+2/p+1. The molecule has 17 heavy (non-hydrogen) atoms. The minimum atomic E-state index is 0.757. The Labute approximate surface area is 107 Å². The zero-order valence-electron chi connectivity index (χ0n) is 12.3. The lowest BCUT2D eigenvalue weighted by atomic mass is 10.1. The van der Waals surface area contributed by atoms with Crippen molar-refractivity contribution in [3.8, 4) is 0 Å². The van der Waals surface area contributed by atoms with Crippen LogP contribution in [0.3, 0.4) is 0 Å². The van der Waals surface area contributed by atoms with Crippen LogP contribution in [-0.4, -0.2) is 81.5 Å². The molecule has 0 bridgehead atoms. The van der Waals surface area contributed by atoms with Crippen molar-refractivity contribution < 1.29 is 14.7 Å². The quantitative estimate of drug-likeness (QED) is 0.464. The van der Waals surface area contributed by atoms with Gasteiger partial charge in [-0.05, 0) is 13.8 Å². The summed E-state index contributed by atoms with van der Waals surface area (Å²) >= 11 is 0. The fraction of sp³-hybridized carbons (Fsp3) is 1.00. The topological polar surface area (TPSA) is 39.7 Å². The summed E-state index contributed by atoms with van der Waals surface area (Å²) in [4.78, 5) is 0. The molecular weight excluding hydrogens is 212 g/mol. The Balaban J connectivity index is 2.33. The zero-order valence-corrected chi connectivity index (χ0v) is 12.3. The van der Waals surface area contributed by atoms with E-state index in [9.17, 15) is 0 Å². The molecule has 1 aliphatic heterocycles. The van der Waals surface area contributed by atoms with Crippen LogP contribution >= 0.6 is 0 Å². The second-order valence-electron chi connectivity index (χ2n) is 6.41. The fourth-order valence-corrected chi connectivity index (χ4v) is 2.50. The average Bonchev–Trinajstić information content (AvgIpc) is 2.29. The summed E-state index contributed by atoms with van der Waals surface area (Å²) in [6, 6.07) is 0.757. The molecule has 0 aromatic carbocycles. The number of piperazine rings is 1. The molecule has 1 fully saturated rings. The Hall–Kier alpha value is -0.160. The maximum Gasteiger partial charge on any atom is 0.129 e. The monoisotopic (exact) mass is 245 g/mol. The van der Waals surface area contributed by atoms with E-state index in [4.69, 9.17) is 0 Å². The predicted octanol–water partition coefficient (Wildman–Crippen LogP) is -0.867. The number of quaternary nitrogens is 3. The van der Waals surface area contributed by atoms with Gasteiger partial charge in [0.05, 0.1) is 33.2 Å². The predicted molar refractivity (Wildman–Crippen MR) is 72.5 cm³/mol. The first-order chi connectivity index (χ1) is 7.92. The first-order valence-corrected chi connectivity index (χ1v) is 7.10. The van der Waals surface area contributed by atoms with Crippen LogP contribution in [0.15, 0.2) is 0 Å². The van der Waals surface area contributed by atoms with Crippen molar-refractivity contribution in [1.29, 1.82) is 0 Å². The van der Waals surface area contributed by atoms with Gasteiger partial charge in [0.15, 0.2) is 0 Å². The molecule has 0 amide bonds. The zero-order chi connectivity index (χ0) is 12.9. The highest BCUT2D eigenvalue weighted by Crippen LogP contribution is 2.18. The number of hydrogen-bond donors (Lipinski definition) is 2. The molecule has 0 radical (unpaired) electrons. The van der Waals surface area contributed by atoms with Gasteiger partial charge in [0, 0.05) is 13.1 Å². The SMILES string of the molecule is CC(C)[N+]1(C)CC[N+](C)(CCNCC[NH3+])CC1. The van der Waals surface area contributed by atoms with E-state index in [1.54, 1.807) is 0 Å². The van der Waals surface area contributed by atoms with Gasteiger partial charge in [0.25, 0.3) is 0 Å². The van der Waals surface area contributed by atoms with Gasteiger partial charge in [-0.3, -0.25) is 0 Å². The molecule has 0 aliphatic carbocycles. The summed E-state index contributed by atoms with van der Waals surface area (Å²) in [6.45, 7) is 14.4. The number of hydrogen-bond acceptors (Lipinski definition) is 1. The highest BCUT2D eigenvalue weighted by molar-refractivity contribution is 4.55. The van der Waals surface area contributed by atoms with Crippen molar-refractivity contribution >= 4 is 0 Å². The van der Waals surface area contributed by atoms with Crippen LogP contribution in [0, 0.1) is 0 Å². The normalized spacial score (nSPS) is 34.2. The summed E-state index contributed by atoms with van der Waals surface area (Å²) in [5.74, 6) is 0. The average molecular weight is 245 g/mol. The van der Waals surface area contributed by atoms with E-state index >= 15 is 0 Å². The lowest BCUT2D eigenvalue weighted by molar-refractivity contribution is -1.02. The van der Waals surface area contributed by atoms with Crippen molar-refractivity contribution in [2.75, 3.05) is 66.5 Å². The number of nitrogens with zero attached hydrogens (tertiary/aromatic N) is 2. The third kappa shape index (κ3) is 4.21. The van der Waals surface area contributed by atoms with Gasteiger partial charge in [-0.15, -0.1) is 0 Å². The molecule has 0 aromatic rings. The molecule has 4 heteroatoms. The number of likely N-dealkylation sites (N-methyl/N-ethyl adjacent to an activating group) is 2. The Morgan fingerprint density at radius 2 is 1.65 bits per heavy atom. The first kappa shape index (κ1) is 14.9. The molecule has 102 valence electrons.